The molecule has 6 nitrogen and oxygen atoms in total. The molecule has 1 aliphatic carbocycles. The molecular weight excluding hydrogens is 338 g/mol. The fourth-order valence-corrected chi connectivity index (χ4v) is 3.65. The van der Waals surface area contributed by atoms with Crippen molar-refractivity contribution in [1.82, 2.24) is 15.3 Å². The first kappa shape index (κ1) is 15.2. The molecule has 2 aromatic heterocycles. The van der Waals surface area contributed by atoms with Crippen LogP contribution in [0.5, 0.6) is 0 Å². The molecule has 1 aromatic carbocycles. The van der Waals surface area contributed by atoms with Gasteiger partial charge in [0.05, 0.1) is 0 Å². The first-order valence-corrected chi connectivity index (χ1v) is 9.17. The topological polar surface area (TPSA) is 66.2 Å². The molecule has 1 saturated heterocycles. The van der Waals surface area contributed by atoms with Crippen LogP contribution in [0, 0.1) is 0 Å². The quantitative estimate of drug-likeness (QED) is 0.746. The van der Waals surface area contributed by atoms with E-state index in [-0.39, 0.29) is 0 Å². The van der Waals surface area contributed by atoms with E-state index in [4.69, 9.17) is 26.0 Å². The molecule has 0 unspecified atom stereocenters. The van der Waals surface area contributed by atoms with Crippen LogP contribution in [0.2, 0.25) is 5.02 Å². The molecule has 1 atom stereocenters. The van der Waals surface area contributed by atoms with Crippen LogP contribution in [0.4, 0.5) is 11.8 Å². The Morgan fingerprint density at radius 3 is 2.84 bits per heavy atom. The van der Waals surface area contributed by atoms with Gasteiger partial charge in [-0.3, -0.25) is 0 Å². The van der Waals surface area contributed by atoms with Gasteiger partial charge < -0.3 is 20.0 Å². The molecule has 0 bridgehead atoms. The van der Waals surface area contributed by atoms with Crippen molar-refractivity contribution in [3.05, 3.63) is 23.2 Å². The lowest BCUT2D eigenvalue weighted by atomic mass is 10.2. The monoisotopic (exact) mass is 357 g/mol. The van der Waals surface area contributed by atoms with Crippen molar-refractivity contribution >= 4 is 45.4 Å². The number of benzene rings is 1. The number of halogens is 1. The third-order valence-corrected chi connectivity index (χ3v) is 5.30. The Hall–Kier alpha value is -2.05. The van der Waals surface area contributed by atoms with E-state index in [1.165, 1.54) is 12.8 Å². The van der Waals surface area contributed by atoms with Gasteiger partial charge >= 0.3 is 0 Å². The third-order valence-electron chi connectivity index (χ3n) is 5.06. The summed E-state index contributed by atoms with van der Waals surface area (Å²) in [4.78, 5) is 11.8. The number of fused-ring (bicyclic) bond motifs is 3. The maximum atomic E-state index is 6.20. The molecule has 3 heterocycles. The Labute approximate surface area is 150 Å². The van der Waals surface area contributed by atoms with E-state index in [1.54, 1.807) is 0 Å². The van der Waals surface area contributed by atoms with Gasteiger partial charge in [0.2, 0.25) is 5.95 Å². The van der Waals surface area contributed by atoms with Crippen molar-refractivity contribution < 1.29 is 4.42 Å². The van der Waals surface area contributed by atoms with Crippen molar-refractivity contribution in [3.8, 4) is 0 Å². The minimum Gasteiger partial charge on any atom is -0.450 e. The highest BCUT2D eigenvalue weighted by molar-refractivity contribution is 6.31. The van der Waals surface area contributed by atoms with Crippen LogP contribution in [0.25, 0.3) is 22.1 Å². The second-order valence-electron chi connectivity index (χ2n) is 6.93. The van der Waals surface area contributed by atoms with Crippen LogP contribution in [-0.2, 0) is 0 Å². The number of furan rings is 1. The van der Waals surface area contributed by atoms with Crippen molar-refractivity contribution in [2.45, 2.75) is 31.3 Å². The Bertz CT molecular complexity index is 951. The molecule has 0 spiro atoms. The fourth-order valence-electron chi connectivity index (χ4n) is 3.48. The minimum atomic E-state index is 0.476. The van der Waals surface area contributed by atoms with E-state index in [2.05, 4.69) is 15.5 Å². The molecule has 5 rings (SSSR count). The van der Waals surface area contributed by atoms with E-state index >= 15 is 0 Å². The van der Waals surface area contributed by atoms with E-state index in [0.29, 0.717) is 23.1 Å². The summed E-state index contributed by atoms with van der Waals surface area (Å²) in [6.45, 7) is 1.88. The van der Waals surface area contributed by atoms with Gasteiger partial charge in [-0.25, -0.2) is 4.98 Å². The molecule has 0 radical (unpaired) electrons. The largest absolute Gasteiger partial charge is 0.450 e. The van der Waals surface area contributed by atoms with Crippen LogP contribution in [0.3, 0.4) is 0 Å². The normalized spacial score (nSPS) is 20.7. The number of aromatic nitrogens is 2. The Balaban J connectivity index is 1.69. The van der Waals surface area contributed by atoms with Gasteiger partial charge in [-0.2, -0.15) is 4.98 Å². The van der Waals surface area contributed by atoms with E-state index < -0.39 is 0 Å². The zero-order valence-corrected chi connectivity index (χ0v) is 14.8. The van der Waals surface area contributed by atoms with Crippen LogP contribution in [0.1, 0.15) is 19.3 Å². The molecular formula is C18H20ClN5O. The SMILES string of the molecule is CN[C@@H]1CCN(c2nc(NC3CC3)nc3c2oc2ccc(Cl)cc23)C1. The Morgan fingerprint density at radius 2 is 2.08 bits per heavy atom. The summed E-state index contributed by atoms with van der Waals surface area (Å²) in [6, 6.07) is 6.63. The first-order chi connectivity index (χ1) is 12.2. The van der Waals surface area contributed by atoms with E-state index in [0.717, 1.165) is 47.4 Å². The number of hydrogen-bond donors (Lipinski definition) is 2. The number of likely N-dealkylation sites (N-methyl/N-ethyl adjacent to an activating group) is 1. The van der Waals surface area contributed by atoms with Crippen LogP contribution < -0.4 is 15.5 Å². The second kappa shape index (κ2) is 5.75. The predicted octanol–water partition coefficient (Wildman–Crippen LogP) is 3.40. The lowest BCUT2D eigenvalue weighted by Crippen LogP contribution is -2.30. The summed E-state index contributed by atoms with van der Waals surface area (Å²) < 4.78 is 6.12. The summed E-state index contributed by atoms with van der Waals surface area (Å²) in [6.07, 6.45) is 3.46. The predicted molar refractivity (Wildman–Crippen MR) is 101 cm³/mol. The molecule has 25 heavy (non-hydrogen) atoms. The summed E-state index contributed by atoms with van der Waals surface area (Å²) in [5.41, 5.74) is 2.37. The first-order valence-electron chi connectivity index (χ1n) is 8.80. The van der Waals surface area contributed by atoms with Gasteiger partial charge in [0.1, 0.15) is 11.1 Å². The number of hydrogen-bond acceptors (Lipinski definition) is 6. The Kier molecular flexibility index (Phi) is 3.50. The Morgan fingerprint density at radius 1 is 1.20 bits per heavy atom. The molecule has 2 N–H and O–H groups in total. The third kappa shape index (κ3) is 2.69. The van der Waals surface area contributed by atoms with Gasteiger partial charge in [0, 0.05) is 35.6 Å². The summed E-state index contributed by atoms with van der Waals surface area (Å²) in [5.74, 6) is 1.55. The average molecular weight is 358 g/mol. The van der Waals surface area contributed by atoms with Crippen LogP contribution >= 0.6 is 11.6 Å². The van der Waals surface area contributed by atoms with Crippen LogP contribution in [-0.4, -0.2) is 42.2 Å². The highest BCUT2D eigenvalue weighted by Crippen LogP contribution is 2.36. The maximum Gasteiger partial charge on any atom is 0.225 e. The average Bonchev–Trinajstić information content (AvgIpc) is 3.17. The van der Waals surface area contributed by atoms with Gasteiger partial charge in [-0.15, -0.1) is 0 Å². The molecule has 3 aromatic rings. The number of rotatable bonds is 4. The van der Waals surface area contributed by atoms with Gasteiger partial charge in [0.25, 0.3) is 0 Å². The molecule has 1 aliphatic heterocycles. The lowest BCUT2D eigenvalue weighted by molar-refractivity contribution is 0.615. The lowest BCUT2D eigenvalue weighted by Gasteiger charge is -2.18. The van der Waals surface area contributed by atoms with Crippen molar-refractivity contribution in [2.75, 3.05) is 30.4 Å². The zero-order chi connectivity index (χ0) is 17.0. The molecule has 7 heteroatoms. The zero-order valence-electron chi connectivity index (χ0n) is 14.1. The van der Waals surface area contributed by atoms with Gasteiger partial charge in [0.15, 0.2) is 11.4 Å². The molecule has 0 amide bonds. The highest BCUT2D eigenvalue weighted by Gasteiger charge is 2.28. The smallest absolute Gasteiger partial charge is 0.225 e. The van der Waals surface area contributed by atoms with Crippen molar-refractivity contribution in [1.29, 1.82) is 0 Å². The summed E-state index contributed by atoms with van der Waals surface area (Å²) in [5, 5.41) is 8.40. The van der Waals surface area contributed by atoms with Crippen molar-refractivity contribution in [3.63, 3.8) is 0 Å². The minimum absolute atomic E-state index is 0.476. The highest BCUT2D eigenvalue weighted by atomic mass is 35.5. The molecule has 2 aliphatic rings. The molecule has 2 fully saturated rings. The van der Waals surface area contributed by atoms with Gasteiger partial charge in [-0.05, 0) is 44.5 Å². The summed E-state index contributed by atoms with van der Waals surface area (Å²) >= 11 is 6.20. The standard InChI is InChI=1S/C18H20ClN5O/c1-20-12-6-7-24(9-12)17-16-15(22-18(23-17)21-11-3-4-11)13-8-10(19)2-5-14(13)25-16/h2,5,8,11-12,20H,3-4,6-7,9H2,1H3,(H,21,22,23)/t12-/m1/s1. The van der Waals surface area contributed by atoms with E-state index in [9.17, 15) is 0 Å². The second-order valence-corrected chi connectivity index (χ2v) is 7.37. The van der Waals surface area contributed by atoms with Crippen LogP contribution in [0.15, 0.2) is 22.6 Å². The number of anilines is 2. The summed E-state index contributed by atoms with van der Waals surface area (Å²) in [7, 11) is 2.01. The van der Waals surface area contributed by atoms with Crippen molar-refractivity contribution in [2.24, 2.45) is 0 Å². The fraction of sp³-hybridized carbons (Fsp3) is 0.444. The maximum absolute atomic E-state index is 6.20. The number of nitrogens with zero attached hydrogens (tertiary/aromatic N) is 3. The molecule has 1 saturated carbocycles. The molecule has 130 valence electrons. The van der Waals surface area contributed by atoms with E-state index in [1.807, 2.05) is 25.2 Å². The number of nitrogens with one attached hydrogen (secondary N) is 2. The van der Waals surface area contributed by atoms with Gasteiger partial charge in [-0.1, -0.05) is 11.6 Å².